The predicted molar refractivity (Wildman–Crippen MR) is 67.7 cm³/mol. The summed E-state index contributed by atoms with van der Waals surface area (Å²) in [4.78, 5) is 18.1. The summed E-state index contributed by atoms with van der Waals surface area (Å²) in [7, 11) is 1.34. The monoisotopic (exact) mass is 254 g/mol. The second-order valence-corrected chi connectivity index (χ2v) is 4.44. The van der Waals surface area contributed by atoms with Crippen molar-refractivity contribution >= 4 is 11.5 Å². The molecule has 1 unspecified atom stereocenters. The summed E-state index contributed by atoms with van der Waals surface area (Å²) in [5, 5.41) is 14.0. The van der Waals surface area contributed by atoms with Gasteiger partial charge in [0, 0.05) is 6.54 Å². The van der Waals surface area contributed by atoms with E-state index in [9.17, 15) is 10.1 Å². The Bertz CT molecular complexity index is 423. The van der Waals surface area contributed by atoms with Gasteiger partial charge in [-0.1, -0.05) is 20.8 Å². The normalized spacial score (nSPS) is 12.3. The van der Waals surface area contributed by atoms with Gasteiger partial charge in [-0.2, -0.15) is 4.98 Å². The number of rotatable bonds is 6. The van der Waals surface area contributed by atoms with Gasteiger partial charge in [0.25, 0.3) is 5.88 Å². The predicted octanol–water partition coefficient (Wildman–Crippen LogP) is 2.10. The summed E-state index contributed by atoms with van der Waals surface area (Å²) >= 11 is 0. The van der Waals surface area contributed by atoms with E-state index >= 15 is 0 Å². The van der Waals surface area contributed by atoms with Crippen LogP contribution in [0.1, 0.15) is 20.8 Å². The molecule has 1 N–H and O–H groups in total. The van der Waals surface area contributed by atoms with Crippen LogP contribution < -0.4 is 10.1 Å². The molecule has 0 spiro atoms. The number of nitro groups is 1. The molecule has 1 aromatic rings. The van der Waals surface area contributed by atoms with Crippen molar-refractivity contribution in [2.45, 2.75) is 20.8 Å². The molecule has 1 heterocycles. The van der Waals surface area contributed by atoms with Crippen LogP contribution in [0.15, 0.2) is 6.33 Å². The van der Waals surface area contributed by atoms with Gasteiger partial charge in [0.05, 0.1) is 12.0 Å². The summed E-state index contributed by atoms with van der Waals surface area (Å²) in [5.74, 6) is 1.03. The third-order valence-corrected chi connectivity index (χ3v) is 2.89. The van der Waals surface area contributed by atoms with E-state index in [4.69, 9.17) is 4.74 Å². The quantitative estimate of drug-likeness (QED) is 0.617. The van der Waals surface area contributed by atoms with Gasteiger partial charge in [-0.25, -0.2) is 4.98 Å². The zero-order valence-corrected chi connectivity index (χ0v) is 11.0. The van der Waals surface area contributed by atoms with Crippen LogP contribution >= 0.6 is 0 Å². The van der Waals surface area contributed by atoms with Crippen LogP contribution in [0, 0.1) is 22.0 Å². The fourth-order valence-electron chi connectivity index (χ4n) is 1.30. The van der Waals surface area contributed by atoms with Gasteiger partial charge in [0.15, 0.2) is 0 Å². The largest absolute Gasteiger partial charge is 0.476 e. The van der Waals surface area contributed by atoms with E-state index in [0.717, 1.165) is 0 Å². The topological polar surface area (TPSA) is 90.2 Å². The molecule has 0 radical (unpaired) electrons. The zero-order valence-electron chi connectivity index (χ0n) is 11.0. The Balaban J connectivity index is 2.91. The number of nitrogens with one attached hydrogen (secondary N) is 1. The van der Waals surface area contributed by atoms with Gasteiger partial charge in [0.2, 0.25) is 5.82 Å². The lowest BCUT2D eigenvalue weighted by atomic mass is 9.98. The highest BCUT2D eigenvalue weighted by molar-refractivity contribution is 5.61. The maximum Gasteiger partial charge on any atom is 0.372 e. The van der Waals surface area contributed by atoms with Crippen LogP contribution in [0.2, 0.25) is 0 Å². The number of aromatic nitrogens is 2. The SMILES string of the molecule is COc1ncnc(NCC(C)C(C)C)c1[N+](=O)[O-]. The molecule has 0 bridgehead atoms. The first kappa shape index (κ1) is 14.1. The van der Waals surface area contributed by atoms with E-state index in [1.165, 1.54) is 13.4 Å². The summed E-state index contributed by atoms with van der Waals surface area (Å²) < 4.78 is 4.87. The van der Waals surface area contributed by atoms with Gasteiger partial charge in [-0.15, -0.1) is 0 Å². The van der Waals surface area contributed by atoms with Crippen molar-refractivity contribution < 1.29 is 9.66 Å². The summed E-state index contributed by atoms with van der Waals surface area (Å²) in [6, 6.07) is 0. The number of ether oxygens (including phenoxy) is 1. The van der Waals surface area contributed by atoms with Crippen LogP contribution in [-0.2, 0) is 0 Å². The van der Waals surface area contributed by atoms with Crippen molar-refractivity contribution in [3.05, 3.63) is 16.4 Å². The van der Waals surface area contributed by atoms with Gasteiger partial charge in [-0.05, 0) is 11.8 Å². The highest BCUT2D eigenvalue weighted by atomic mass is 16.6. The summed E-state index contributed by atoms with van der Waals surface area (Å²) in [6.07, 6.45) is 1.24. The molecule has 18 heavy (non-hydrogen) atoms. The summed E-state index contributed by atoms with van der Waals surface area (Å²) in [6.45, 7) is 6.88. The first-order valence-corrected chi connectivity index (χ1v) is 5.74. The minimum atomic E-state index is -0.540. The van der Waals surface area contributed by atoms with Gasteiger partial charge < -0.3 is 10.1 Å². The lowest BCUT2D eigenvalue weighted by Crippen LogP contribution is -2.18. The van der Waals surface area contributed by atoms with E-state index in [2.05, 4.69) is 36.1 Å². The average molecular weight is 254 g/mol. The zero-order chi connectivity index (χ0) is 13.7. The Morgan fingerprint density at radius 3 is 2.61 bits per heavy atom. The van der Waals surface area contributed by atoms with Crippen LogP contribution in [0.25, 0.3) is 0 Å². The molecule has 0 saturated heterocycles. The van der Waals surface area contributed by atoms with Gasteiger partial charge in [-0.3, -0.25) is 10.1 Å². The van der Waals surface area contributed by atoms with Gasteiger partial charge >= 0.3 is 5.69 Å². The molecule has 0 fully saturated rings. The Morgan fingerprint density at radius 1 is 1.44 bits per heavy atom. The molecule has 100 valence electrons. The van der Waals surface area contributed by atoms with Crippen molar-refractivity contribution in [3.8, 4) is 5.88 Å². The van der Waals surface area contributed by atoms with Crippen molar-refractivity contribution in [3.63, 3.8) is 0 Å². The van der Waals surface area contributed by atoms with Crippen molar-refractivity contribution in [2.75, 3.05) is 19.0 Å². The molecule has 7 heteroatoms. The van der Waals surface area contributed by atoms with E-state index in [0.29, 0.717) is 18.4 Å². The fourth-order valence-corrected chi connectivity index (χ4v) is 1.30. The number of anilines is 1. The maximum absolute atomic E-state index is 11.0. The fraction of sp³-hybridized carbons (Fsp3) is 0.636. The highest BCUT2D eigenvalue weighted by Gasteiger charge is 2.24. The smallest absolute Gasteiger partial charge is 0.372 e. The highest BCUT2D eigenvalue weighted by Crippen LogP contribution is 2.30. The van der Waals surface area contributed by atoms with Crippen LogP contribution in [0.4, 0.5) is 11.5 Å². The second-order valence-electron chi connectivity index (χ2n) is 4.44. The minimum Gasteiger partial charge on any atom is -0.476 e. The molecule has 0 saturated carbocycles. The standard InChI is InChI=1S/C11H18N4O3/c1-7(2)8(3)5-12-10-9(15(16)17)11(18-4)14-6-13-10/h6-8H,5H2,1-4H3,(H,12,13,14). The molecule has 7 nitrogen and oxygen atoms in total. The van der Waals surface area contributed by atoms with E-state index < -0.39 is 4.92 Å². The second kappa shape index (κ2) is 6.13. The Hall–Kier alpha value is -1.92. The van der Waals surface area contributed by atoms with E-state index in [1.54, 1.807) is 0 Å². The average Bonchev–Trinajstić information content (AvgIpc) is 2.34. The maximum atomic E-state index is 11.0. The number of hydrogen-bond donors (Lipinski definition) is 1. The molecule has 1 atom stereocenters. The Labute approximate surface area is 106 Å². The van der Waals surface area contributed by atoms with Crippen molar-refractivity contribution in [2.24, 2.45) is 11.8 Å². The van der Waals surface area contributed by atoms with Crippen molar-refractivity contribution in [1.29, 1.82) is 0 Å². The first-order chi connectivity index (χ1) is 8.47. The number of hydrogen-bond acceptors (Lipinski definition) is 6. The van der Waals surface area contributed by atoms with E-state index in [1.807, 2.05) is 0 Å². The molecular weight excluding hydrogens is 236 g/mol. The molecule has 0 aromatic carbocycles. The van der Waals surface area contributed by atoms with Crippen molar-refractivity contribution in [1.82, 2.24) is 9.97 Å². The van der Waals surface area contributed by atoms with Crippen LogP contribution in [-0.4, -0.2) is 28.5 Å². The lowest BCUT2D eigenvalue weighted by Gasteiger charge is -2.16. The van der Waals surface area contributed by atoms with E-state index in [-0.39, 0.29) is 17.4 Å². The molecular formula is C11H18N4O3. The molecule has 0 amide bonds. The summed E-state index contributed by atoms with van der Waals surface area (Å²) in [5.41, 5.74) is -0.226. The minimum absolute atomic E-state index is 0.0327. The molecule has 1 rings (SSSR count). The van der Waals surface area contributed by atoms with Crippen LogP contribution in [0.5, 0.6) is 5.88 Å². The lowest BCUT2D eigenvalue weighted by molar-refractivity contribution is -0.385. The first-order valence-electron chi connectivity index (χ1n) is 5.74. The third kappa shape index (κ3) is 3.28. The molecule has 0 aliphatic carbocycles. The molecule has 0 aliphatic heterocycles. The number of nitrogens with zero attached hydrogens (tertiary/aromatic N) is 3. The Kier molecular flexibility index (Phi) is 4.82. The number of methoxy groups -OCH3 is 1. The third-order valence-electron chi connectivity index (χ3n) is 2.89. The van der Waals surface area contributed by atoms with Gasteiger partial charge in [0.1, 0.15) is 6.33 Å². The van der Waals surface area contributed by atoms with Crippen LogP contribution in [0.3, 0.4) is 0 Å². The Morgan fingerprint density at radius 2 is 2.11 bits per heavy atom. The molecule has 0 aliphatic rings. The molecule has 1 aromatic heterocycles.